The van der Waals surface area contributed by atoms with Gasteiger partial charge in [-0.05, 0) is 48.0 Å². The third kappa shape index (κ3) is 6.27. The summed E-state index contributed by atoms with van der Waals surface area (Å²) in [5.74, 6) is 1.22. The number of ether oxygens (including phenoxy) is 4. The molecule has 1 aliphatic rings. The Labute approximate surface area is 283 Å². The molecule has 3 N–H and O–H groups in total. The molecule has 2 heterocycles. The van der Waals surface area contributed by atoms with Gasteiger partial charge < -0.3 is 34.5 Å². The first kappa shape index (κ1) is 33.4. The zero-order chi connectivity index (χ0) is 34.5. The number of aliphatic hydroxyl groups excluding tert-OH is 2. The lowest BCUT2D eigenvalue weighted by molar-refractivity contribution is -0.0979. The van der Waals surface area contributed by atoms with Crippen molar-refractivity contribution in [2.75, 3.05) is 26.6 Å². The molecule has 0 bridgehead atoms. The first-order valence-electron chi connectivity index (χ1n) is 15.7. The number of nitrogens with one attached hydrogen (secondary N) is 1. The molecule has 1 unspecified atom stereocenters. The van der Waals surface area contributed by atoms with Gasteiger partial charge in [0.25, 0.3) is 5.91 Å². The Morgan fingerprint density at radius 3 is 2.02 bits per heavy atom. The van der Waals surface area contributed by atoms with E-state index < -0.39 is 41.6 Å². The lowest BCUT2D eigenvalue weighted by atomic mass is 9.63. The molecule has 1 fully saturated rings. The Morgan fingerprint density at radius 1 is 0.857 bits per heavy atom. The van der Waals surface area contributed by atoms with Crippen molar-refractivity contribution in [1.29, 1.82) is 0 Å². The molecular weight excluding hydrogens is 626 g/mol. The average Bonchev–Trinajstić information content (AvgIpc) is 3.53. The quantitative estimate of drug-likeness (QED) is 0.173. The third-order valence-electron chi connectivity index (χ3n) is 8.92. The second kappa shape index (κ2) is 14.3. The lowest BCUT2D eigenvalue weighted by Crippen LogP contribution is -2.51. The fourth-order valence-electron chi connectivity index (χ4n) is 6.60. The lowest BCUT2D eigenvalue weighted by Gasteiger charge is -2.43. The number of aliphatic hydroxyl groups is 2. The number of aromatic nitrogens is 2. The molecule has 49 heavy (non-hydrogen) atoms. The first-order valence-corrected chi connectivity index (χ1v) is 15.7. The topological polar surface area (TPSA) is 141 Å². The monoisotopic (exact) mass is 663 g/mol. The summed E-state index contributed by atoms with van der Waals surface area (Å²) in [6.07, 6.45) is -3.33. The van der Waals surface area contributed by atoms with Crippen LogP contribution in [-0.4, -0.2) is 65.3 Å². The summed E-state index contributed by atoms with van der Waals surface area (Å²) in [5.41, 5.74) is 0.222. The van der Waals surface area contributed by atoms with E-state index >= 15 is 0 Å². The Bertz CT molecular complexity index is 1920. The van der Waals surface area contributed by atoms with Crippen LogP contribution < -0.4 is 25.2 Å². The standard InChI is InChI=1S/C38H37N3O8/c1-46-26-19-17-24(18-20-26)36(44)39-32-21-22-41(37(45)40-32)33-23-29(42)34(49-33)35(43)38(25-11-5-4-6-12-25,27-13-7-9-15-30(27)47-2)28-14-8-10-16-31(28)48-3/h4-22,29,33-35,42-43H,23H2,1-3H3,(H,39,40,44,45)/t29-,33+,34-,35?/m0/s1. The summed E-state index contributed by atoms with van der Waals surface area (Å²) in [6, 6.07) is 32.1. The Balaban J connectivity index is 1.37. The summed E-state index contributed by atoms with van der Waals surface area (Å²) in [5, 5.41) is 26.8. The molecule has 4 aromatic carbocycles. The molecule has 0 radical (unpaired) electrons. The van der Waals surface area contributed by atoms with Crippen LogP contribution in [0.2, 0.25) is 0 Å². The van der Waals surface area contributed by atoms with E-state index in [2.05, 4.69) is 10.3 Å². The number of benzene rings is 4. The molecule has 0 aliphatic carbocycles. The van der Waals surface area contributed by atoms with Crippen LogP contribution in [-0.2, 0) is 10.2 Å². The SMILES string of the molecule is COc1ccc(C(=O)Nc2ccn([C@H]3C[C@H](O)[C@@H](C(O)C(c4ccccc4)(c4ccccc4OC)c4ccccc4OC)O3)c(=O)n2)cc1. The molecule has 1 saturated heterocycles. The van der Waals surface area contributed by atoms with Gasteiger partial charge in [-0.3, -0.25) is 9.36 Å². The molecule has 6 rings (SSSR count). The van der Waals surface area contributed by atoms with Gasteiger partial charge >= 0.3 is 5.69 Å². The third-order valence-corrected chi connectivity index (χ3v) is 8.92. The summed E-state index contributed by atoms with van der Waals surface area (Å²) in [4.78, 5) is 30.1. The van der Waals surface area contributed by atoms with Crippen LogP contribution in [0.4, 0.5) is 5.82 Å². The largest absolute Gasteiger partial charge is 0.497 e. The fraction of sp³-hybridized carbons (Fsp3) is 0.237. The van der Waals surface area contributed by atoms with Crippen molar-refractivity contribution in [2.45, 2.75) is 36.4 Å². The van der Waals surface area contributed by atoms with Crippen LogP contribution in [0.25, 0.3) is 0 Å². The number of methoxy groups -OCH3 is 3. The summed E-state index contributed by atoms with van der Waals surface area (Å²) in [7, 11) is 4.65. The smallest absolute Gasteiger partial charge is 0.351 e. The Kier molecular flexibility index (Phi) is 9.77. The van der Waals surface area contributed by atoms with Crippen LogP contribution in [0.1, 0.15) is 39.7 Å². The van der Waals surface area contributed by atoms with E-state index in [1.807, 2.05) is 78.9 Å². The molecule has 1 aromatic heterocycles. The zero-order valence-corrected chi connectivity index (χ0v) is 27.2. The van der Waals surface area contributed by atoms with Gasteiger partial charge in [0.05, 0.1) is 32.8 Å². The maximum atomic E-state index is 13.3. The highest BCUT2D eigenvalue weighted by Crippen LogP contribution is 2.51. The van der Waals surface area contributed by atoms with Crippen molar-refractivity contribution in [2.24, 2.45) is 0 Å². The molecule has 252 valence electrons. The number of hydrogen-bond donors (Lipinski definition) is 3. The van der Waals surface area contributed by atoms with E-state index in [1.165, 1.54) is 23.9 Å². The van der Waals surface area contributed by atoms with Crippen LogP contribution in [0.5, 0.6) is 17.2 Å². The van der Waals surface area contributed by atoms with Crippen molar-refractivity contribution in [1.82, 2.24) is 9.55 Å². The molecule has 1 amide bonds. The Hall–Kier alpha value is -5.49. The van der Waals surface area contributed by atoms with E-state index in [-0.39, 0.29) is 12.2 Å². The van der Waals surface area contributed by atoms with Crippen molar-refractivity contribution in [3.63, 3.8) is 0 Å². The van der Waals surface area contributed by atoms with Gasteiger partial charge in [-0.2, -0.15) is 4.98 Å². The van der Waals surface area contributed by atoms with E-state index in [1.54, 1.807) is 38.5 Å². The highest BCUT2D eigenvalue weighted by Gasteiger charge is 2.54. The molecule has 5 aromatic rings. The summed E-state index contributed by atoms with van der Waals surface area (Å²) < 4.78 is 24.4. The van der Waals surface area contributed by atoms with Crippen LogP contribution in [0.3, 0.4) is 0 Å². The van der Waals surface area contributed by atoms with Gasteiger partial charge in [0.1, 0.15) is 41.5 Å². The second-order valence-electron chi connectivity index (χ2n) is 11.6. The molecule has 0 spiro atoms. The molecular formula is C38H37N3O8. The van der Waals surface area contributed by atoms with Crippen molar-refractivity contribution < 1.29 is 34.0 Å². The summed E-state index contributed by atoms with van der Waals surface area (Å²) in [6.45, 7) is 0. The van der Waals surface area contributed by atoms with Crippen molar-refractivity contribution in [3.05, 3.63) is 148 Å². The van der Waals surface area contributed by atoms with E-state index in [9.17, 15) is 19.8 Å². The maximum absolute atomic E-state index is 13.3. The normalized spacial score (nSPS) is 18.0. The number of anilines is 1. The Morgan fingerprint density at radius 2 is 1.45 bits per heavy atom. The summed E-state index contributed by atoms with van der Waals surface area (Å²) >= 11 is 0. The number of nitrogens with zero attached hydrogens (tertiary/aromatic N) is 2. The molecule has 11 nitrogen and oxygen atoms in total. The van der Waals surface area contributed by atoms with Crippen LogP contribution >= 0.6 is 0 Å². The minimum absolute atomic E-state index is 0.0103. The zero-order valence-electron chi connectivity index (χ0n) is 27.2. The minimum atomic E-state index is -1.42. The van der Waals surface area contributed by atoms with E-state index in [0.717, 1.165) is 0 Å². The molecule has 11 heteroatoms. The predicted molar refractivity (Wildman–Crippen MR) is 182 cm³/mol. The average molecular weight is 664 g/mol. The first-order chi connectivity index (χ1) is 23.8. The van der Waals surface area contributed by atoms with Crippen LogP contribution in [0.15, 0.2) is 120 Å². The fourth-order valence-corrected chi connectivity index (χ4v) is 6.60. The van der Waals surface area contributed by atoms with Crippen molar-refractivity contribution in [3.8, 4) is 17.2 Å². The highest BCUT2D eigenvalue weighted by atomic mass is 16.5. The van der Waals surface area contributed by atoms with Gasteiger partial charge in [-0.1, -0.05) is 66.7 Å². The molecule has 0 saturated carbocycles. The maximum Gasteiger partial charge on any atom is 0.351 e. The van der Waals surface area contributed by atoms with Crippen LogP contribution in [0, 0.1) is 0 Å². The number of para-hydroxylation sites is 2. The van der Waals surface area contributed by atoms with Gasteiger partial charge in [0, 0.05) is 29.3 Å². The van der Waals surface area contributed by atoms with Gasteiger partial charge in [-0.25, -0.2) is 4.79 Å². The highest BCUT2D eigenvalue weighted by molar-refractivity contribution is 6.03. The minimum Gasteiger partial charge on any atom is -0.497 e. The number of carbonyl (C=O) groups excluding carboxylic acids is 1. The van der Waals surface area contributed by atoms with E-state index in [0.29, 0.717) is 39.5 Å². The van der Waals surface area contributed by atoms with Gasteiger partial charge in [0.15, 0.2) is 0 Å². The predicted octanol–water partition coefficient (Wildman–Crippen LogP) is 4.57. The van der Waals surface area contributed by atoms with Gasteiger partial charge in [-0.15, -0.1) is 0 Å². The molecule has 1 aliphatic heterocycles. The number of amides is 1. The number of hydrogen-bond acceptors (Lipinski definition) is 9. The van der Waals surface area contributed by atoms with Crippen molar-refractivity contribution >= 4 is 11.7 Å². The number of rotatable bonds is 11. The molecule has 4 atom stereocenters. The van der Waals surface area contributed by atoms with Gasteiger partial charge in [0.2, 0.25) is 0 Å². The number of carbonyl (C=O) groups is 1. The second-order valence-corrected chi connectivity index (χ2v) is 11.6. The van der Waals surface area contributed by atoms with E-state index in [4.69, 9.17) is 18.9 Å².